The van der Waals surface area contributed by atoms with Crippen molar-refractivity contribution < 1.29 is 9.53 Å². The lowest BCUT2D eigenvalue weighted by Gasteiger charge is -2.16. The van der Waals surface area contributed by atoms with Crippen molar-refractivity contribution in [3.63, 3.8) is 0 Å². The Bertz CT molecular complexity index is 337. The minimum Gasteiger partial charge on any atom is -0.376 e. The van der Waals surface area contributed by atoms with Crippen molar-refractivity contribution in [2.45, 2.75) is 39.2 Å². The number of ether oxygens (including phenoxy) is 1. The van der Waals surface area contributed by atoms with Crippen LogP contribution in [-0.4, -0.2) is 63.2 Å². The molecule has 1 unspecified atom stereocenters. The molecule has 0 spiro atoms. The summed E-state index contributed by atoms with van der Waals surface area (Å²) in [6.45, 7) is 6.98. The van der Waals surface area contributed by atoms with E-state index in [1.807, 2.05) is 0 Å². The van der Waals surface area contributed by atoms with Crippen LogP contribution in [0.5, 0.6) is 0 Å². The predicted octanol–water partition coefficient (Wildman–Crippen LogP) is 0.835. The summed E-state index contributed by atoms with van der Waals surface area (Å²) in [7, 11) is 3.48. The third kappa shape index (κ3) is 7.90. The molecule has 0 saturated carbocycles. The fourth-order valence-corrected chi connectivity index (χ4v) is 1.96. The molecule has 0 aliphatic carbocycles. The SMILES string of the molecule is CC(C)CCNC(=NCC(=O)N(C)C)NCC1CCCO1. The topological polar surface area (TPSA) is 66.0 Å². The van der Waals surface area contributed by atoms with E-state index in [0.717, 1.165) is 39.0 Å². The summed E-state index contributed by atoms with van der Waals surface area (Å²) in [4.78, 5) is 17.5. The molecule has 1 aliphatic heterocycles. The van der Waals surface area contributed by atoms with Gasteiger partial charge < -0.3 is 20.3 Å². The highest BCUT2D eigenvalue weighted by molar-refractivity contribution is 5.84. The number of carbonyl (C=O) groups is 1. The van der Waals surface area contributed by atoms with Gasteiger partial charge in [0, 0.05) is 33.8 Å². The zero-order valence-corrected chi connectivity index (χ0v) is 13.8. The Morgan fingerprint density at radius 3 is 2.71 bits per heavy atom. The first-order valence-electron chi connectivity index (χ1n) is 7.83. The highest BCUT2D eigenvalue weighted by atomic mass is 16.5. The van der Waals surface area contributed by atoms with Gasteiger partial charge in [0.2, 0.25) is 5.91 Å². The summed E-state index contributed by atoms with van der Waals surface area (Å²) in [6.07, 6.45) is 3.54. The zero-order valence-electron chi connectivity index (χ0n) is 13.8. The quantitative estimate of drug-likeness (QED) is 0.540. The van der Waals surface area contributed by atoms with Crippen molar-refractivity contribution >= 4 is 11.9 Å². The van der Waals surface area contributed by atoms with E-state index in [0.29, 0.717) is 11.9 Å². The number of carbonyl (C=O) groups excluding carboxylic acids is 1. The van der Waals surface area contributed by atoms with Gasteiger partial charge in [-0.05, 0) is 25.2 Å². The molecular formula is C15H30N4O2. The first kappa shape index (κ1) is 17.8. The summed E-state index contributed by atoms with van der Waals surface area (Å²) >= 11 is 0. The van der Waals surface area contributed by atoms with Gasteiger partial charge in [0.25, 0.3) is 0 Å². The minimum absolute atomic E-state index is 0.00271. The Kier molecular flexibility index (Phi) is 8.12. The van der Waals surface area contributed by atoms with Crippen molar-refractivity contribution in [3.05, 3.63) is 0 Å². The van der Waals surface area contributed by atoms with Crippen LogP contribution in [0.2, 0.25) is 0 Å². The maximum atomic E-state index is 11.6. The summed E-state index contributed by atoms with van der Waals surface area (Å²) < 4.78 is 5.59. The summed E-state index contributed by atoms with van der Waals surface area (Å²) in [5.41, 5.74) is 0. The molecule has 6 heteroatoms. The molecular weight excluding hydrogens is 268 g/mol. The number of amides is 1. The molecule has 1 rings (SSSR count). The highest BCUT2D eigenvalue weighted by Crippen LogP contribution is 2.10. The lowest BCUT2D eigenvalue weighted by Crippen LogP contribution is -2.42. The van der Waals surface area contributed by atoms with Crippen molar-refractivity contribution in [2.24, 2.45) is 10.9 Å². The molecule has 0 bridgehead atoms. The molecule has 6 nitrogen and oxygen atoms in total. The normalized spacial score (nSPS) is 18.9. The van der Waals surface area contributed by atoms with E-state index < -0.39 is 0 Å². The second kappa shape index (κ2) is 9.60. The van der Waals surface area contributed by atoms with E-state index >= 15 is 0 Å². The number of nitrogens with one attached hydrogen (secondary N) is 2. The maximum absolute atomic E-state index is 11.6. The minimum atomic E-state index is -0.00271. The number of hydrogen-bond donors (Lipinski definition) is 2. The van der Waals surface area contributed by atoms with Crippen molar-refractivity contribution in [1.29, 1.82) is 0 Å². The smallest absolute Gasteiger partial charge is 0.243 e. The van der Waals surface area contributed by atoms with E-state index in [1.54, 1.807) is 19.0 Å². The Morgan fingerprint density at radius 2 is 2.14 bits per heavy atom. The number of likely N-dealkylation sites (N-methyl/N-ethyl adjacent to an activating group) is 1. The van der Waals surface area contributed by atoms with Crippen LogP contribution in [0.3, 0.4) is 0 Å². The molecule has 1 fully saturated rings. The van der Waals surface area contributed by atoms with Gasteiger partial charge in [0.15, 0.2) is 5.96 Å². The van der Waals surface area contributed by atoms with Gasteiger partial charge in [-0.3, -0.25) is 4.79 Å². The average Bonchev–Trinajstić information content (AvgIpc) is 2.93. The Morgan fingerprint density at radius 1 is 1.38 bits per heavy atom. The van der Waals surface area contributed by atoms with Gasteiger partial charge in [-0.25, -0.2) is 4.99 Å². The predicted molar refractivity (Wildman–Crippen MR) is 85.4 cm³/mol. The molecule has 21 heavy (non-hydrogen) atoms. The average molecular weight is 298 g/mol. The first-order valence-corrected chi connectivity index (χ1v) is 7.83. The van der Waals surface area contributed by atoms with Crippen LogP contribution in [0.1, 0.15) is 33.1 Å². The fourth-order valence-electron chi connectivity index (χ4n) is 1.96. The number of rotatable bonds is 7. The van der Waals surface area contributed by atoms with Crippen molar-refractivity contribution in [1.82, 2.24) is 15.5 Å². The van der Waals surface area contributed by atoms with Crippen LogP contribution in [0.4, 0.5) is 0 Å². The lowest BCUT2D eigenvalue weighted by molar-refractivity contribution is -0.127. The first-order chi connectivity index (χ1) is 9.99. The van der Waals surface area contributed by atoms with Gasteiger partial charge in [-0.1, -0.05) is 13.8 Å². The second-order valence-electron chi connectivity index (χ2n) is 6.08. The van der Waals surface area contributed by atoms with Gasteiger partial charge in [-0.2, -0.15) is 0 Å². The molecule has 0 aromatic rings. The van der Waals surface area contributed by atoms with Crippen molar-refractivity contribution in [3.8, 4) is 0 Å². The van der Waals surface area contributed by atoms with E-state index in [-0.39, 0.29) is 18.6 Å². The lowest BCUT2D eigenvalue weighted by atomic mass is 10.1. The molecule has 0 aromatic heterocycles. The number of hydrogen-bond acceptors (Lipinski definition) is 3. The van der Waals surface area contributed by atoms with Crippen LogP contribution in [-0.2, 0) is 9.53 Å². The van der Waals surface area contributed by atoms with Gasteiger partial charge in [0.1, 0.15) is 6.54 Å². The second-order valence-corrected chi connectivity index (χ2v) is 6.08. The van der Waals surface area contributed by atoms with Crippen LogP contribution < -0.4 is 10.6 Å². The van der Waals surface area contributed by atoms with Crippen molar-refractivity contribution in [2.75, 3.05) is 40.3 Å². The highest BCUT2D eigenvalue weighted by Gasteiger charge is 2.15. The molecule has 0 aromatic carbocycles. The summed E-state index contributed by atoms with van der Waals surface area (Å²) in [6, 6.07) is 0. The Hall–Kier alpha value is -1.30. The van der Waals surface area contributed by atoms with E-state index in [1.165, 1.54) is 0 Å². The van der Waals surface area contributed by atoms with Crippen LogP contribution >= 0.6 is 0 Å². The van der Waals surface area contributed by atoms with Gasteiger partial charge in [0.05, 0.1) is 6.10 Å². The standard InChI is InChI=1S/C15H30N4O2/c1-12(2)7-8-16-15(18-11-14(20)19(3)4)17-10-13-6-5-9-21-13/h12-13H,5-11H2,1-4H3,(H2,16,17,18). The molecule has 1 aliphatic rings. The number of nitrogens with zero attached hydrogens (tertiary/aromatic N) is 2. The molecule has 1 atom stereocenters. The molecule has 0 radical (unpaired) electrons. The van der Waals surface area contributed by atoms with E-state index in [4.69, 9.17) is 4.74 Å². The summed E-state index contributed by atoms with van der Waals surface area (Å²) in [5.74, 6) is 1.33. The molecule has 1 amide bonds. The van der Waals surface area contributed by atoms with E-state index in [2.05, 4.69) is 29.5 Å². The van der Waals surface area contributed by atoms with Crippen LogP contribution in [0.15, 0.2) is 4.99 Å². The maximum Gasteiger partial charge on any atom is 0.243 e. The molecule has 2 N–H and O–H groups in total. The zero-order chi connectivity index (χ0) is 15.7. The van der Waals surface area contributed by atoms with Crippen LogP contribution in [0, 0.1) is 5.92 Å². The number of aliphatic imine (C=N–C) groups is 1. The Balaban J connectivity index is 2.42. The molecule has 122 valence electrons. The van der Waals surface area contributed by atoms with Gasteiger partial charge >= 0.3 is 0 Å². The number of guanidine groups is 1. The third-order valence-corrected chi connectivity index (χ3v) is 3.41. The Labute approximate surface area is 128 Å². The molecule has 1 saturated heterocycles. The van der Waals surface area contributed by atoms with Gasteiger partial charge in [-0.15, -0.1) is 0 Å². The largest absolute Gasteiger partial charge is 0.376 e. The third-order valence-electron chi connectivity index (χ3n) is 3.41. The van der Waals surface area contributed by atoms with Crippen LogP contribution in [0.25, 0.3) is 0 Å². The van der Waals surface area contributed by atoms with E-state index in [9.17, 15) is 4.79 Å². The monoisotopic (exact) mass is 298 g/mol. The molecule has 1 heterocycles. The fraction of sp³-hybridized carbons (Fsp3) is 0.867. The summed E-state index contributed by atoms with van der Waals surface area (Å²) in [5, 5.41) is 6.55.